The molecule has 6 heteroatoms. The molecule has 4 N–H and O–H groups in total. The standard InChI is InChI=1S/C19H27N3O2.ClH/c1-13-5-6-15(11-14(13)2)22-16(23)18(7-3-4-8-18)12-21-17(24)19(20)9-10-19;/h5-6,11H,3-4,7-10,12,20H2,1-2H3,(H,21,24)(H,22,23);1H. The summed E-state index contributed by atoms with van der Waals surface area (Å²) in [5.74, 6) is -0.113. The topological polar surface area (TPSA) is 84.2 Å². The normalized spacial score (nSPS) is 19.6. The van der Waals surface area contributed by atoms with Crippen molar-refractivity contribution in [3.05, 3.63) is 29.3 Å². The van der Waals surface area contributed by atoms with Crippen LogP contribution < -0.4 is 16.4 Å². The van der Waals surface area contributed by atoms with Gasteiger partial charge in [-0.25, -0.2) is 0 Å². The number of nitrogens with two attached hydrogens (primary N) is 1. The Labute approximate surface area is 155 Å². The summed E-state index contributed by atoms with van der Waals surface area (Å²) < 4.78 is 0. The summed E-state index contributed by atoms with van der Waals surface area (Å²) in [6.07, 6.45) is 5.12. The number of rotatable bonds is 5. The monoisotopic (exact) mass is 365 g/mol. The zero-order valence-electron chi connectivity index (χ0n) is 15.0. The fourth-order valence-corrected chi connectivity index (χ4v) is 3.41. The number of aryl methyl sites for hydroxylation is 2. The van der Waals surface area contributed by atoms with Crippen LogP contribution in [0.25, 0.3) is 0 Å². The Hall–Kier alpha value is -1.59. The van der Waals surface area contributed by atoms with Gasteiger partial charge in [-0.3, -0.25) is 9.59 Å². The highest BCUT2D eigenvalue weighted by molar-refractivity contribution is 5.96. The van der Waals surface area contributed by atoms with Crippen molar-refractivity contribution in [3.8, 4) is 0 Å². The van der Waals surface area contributed by atoms with E-state index in [0.717, 1.165) is 49.8 Å². The second-order valence-corrected chi connectivity index (χ2v) is 7.58. The first-order valence-electron chi connectivity index (χ1n) is 8.81. The molecule has 2 saturated carbocycles. The summed E-state index contributed by atoms with van der Waals surface area (Å²) in [4.78, 5) is 25.0. The molecule has 5 nitrogen and oxygen atoms in total. The molecule has 0 heterocycles. The number of carbonyl (C=O) groups is 2. The van der Waals surface area contributed by atoms with Crippen LogP contribution in [0.15, 0.2) is 18.2 Å². The zero-order chi connectivity index (χ0) is 17.4. The first-order chi connectivity index (χ1) is 11.3. The SMILES string of the molecule is Cc1ccc(NC(=O)C2(CNC(=O)C3(N)CC3)CCCC2)cc1C.Cl. The lowest BCUT2D eigenvalue weighted by atomic mass is 9.84. The third kappa shape index (κ3) is 4.15. The summed E-state index contributed by atoms with van der Waals surface area (Å²) in [7, 11) is 0. The molecule has 138 valence electrons. The largest absolute Gasteiger partial charge is 0.353 e. The number of halogens is 1. The average molecular weight is 366 g/mol. The van der Waals surface area contributed by atoms with Crippen molar-refractivity contribution in [1.82, 2.24) is 5.32 Å². The molecule has 0 radical (unpaired) electrons. The maximum atomic E-state index is 12.9. The van der Waals surface area contributed by atoms with E-state index in [9.17, 15) is 9.59 Å². The molecule has 0 spiro atoms. The van der Waals surface area contributed by atoms with Gasteiger partial charge in [-0.2, -0.15) is 0 Å². The summed E-state index contributed by atoms with van der Waals surface area (Å²) in [5.41, 5.74) is 7.90. The highest BCUT2D eigenvalue weighted by Crippen LogP contribution is 2.39. The van der Waals surface area contributed by atoms with Gasteiger partial charge in [-0.15, -0.1) is 12.4 Å². The van der Waals surface area contributed by atoms with Crippen LogP contribution in [0.1, 0.15) is 49.7 Å². The second-order valence-electron chi connectivity index (χ2n) is 7.58. The van der Waals surface area contributed by atoms with Crippen LogP contribution in [0, 0.1) is 19.3 Å². The number of hydrogen-bond acceptors (Lipinski definition) is 3. The van der Waals surface area contributed by atoms with Gasteiger partial charge in [-0.1, -0.05) is 18.9 Å². The number of hydrogen-bond donors (Lipinski definition) is 3. The van der Waals surface area contributed by atoms with E-state index in [2.05, 4.69) is 17.6 Å². The maximum absolute atomic E-state index is 12.9. The Morgan fingerprint density at radius 1 is 1.04 bits per heavy atom. The molecular weight excluding hydrogens is 338 g/mol. The molecule has 2 fully saturated rings. The van der Waals surface area contributed by atoms with Crippen LogP contribution in [0.2, 0.25) is 0 Å². The van der Waals surface area contributed by atoms with E-state index in [0.29, 0.717) is 6.54 Å². The molecule has 1 aromatic carbocycles. The lowest BCUT2D eigenvalue weighted by Crippen LogP contribution is -2.49. The molecule has 0 saturated heterocycles. The van der Waals surface area contributed by atoms with E-state index in [1.807, 2.05) is 25.1 Å². The quantitative estimate of drug-likeness (QED) is 0.750. The van der Waals surface area contributed by atoms with Crippen molar-refractivity contribution < 1.29 is 9.59 Å². The van der Waals surface area contributed by atoms with Crippen LogP contribution in [0.5, 0.6) is 0 Å². The molecule has 1 aromatic rings. The van der Waals surface area contributed by atoms with Crippen molar-refractivity contribution in [2.24, 2.45) is 11.1 Å². The molecule has 0 bridgehead atoms. The number of amides is 2. The third-order valence-electron chi connectivity index (χ3n) is 5.64. The van der Waals surface area contributed by atoms with Gasteiger partial charge < -0.3 is 16.4 Å². The Bertz CT molecular complexity index is 665. The molecule has 3 rings (SSSR count). The minimum absolute atomic E-state index is 0. The highest BCUT2D eigenvalue weighted by Gasteiger charge is 2.48. The molecule has 0 aromatic heterocycles. The predicted molar refractivity (Wildman–Crippen MR) is 102 cm³/mol. The van der Waals surface area contributed by atoms with Crippen LogP contribution in [0.3, 0.4) is 0 Å². The summed E-state index contributed by atoms with van der Waals surface area (Å²) in [6.45, 7) is 4.46. The Balaban J connectivity index is 0.00000225. The number of anilines is 1. The predicted octanol–water partition coefficient (Wildman–Crippen LogP) is 2.83. The van der Waals surface area contributed by atoms with Gasteiger partial charge in [0, 0.05) is 12.2 Å². The van der Waals surface area contributed by atoms with Crippen LogP contribution in [-0.4, -0.2) is 23.9 Å². The van der Waals surface area contributed by atoms with Crippen LogP contribution >= 0.6 is 12.4 Å². The van der Waals surface area contributed by atoms with E-state index in [1.54, 1.807) is 0 Å². The van der Waals surface area contributed by atoms with Gasteiger partial charge in [-0.05, 0) is 62.8 Å². The van der Waals surface area contributed by atoms with Gasteiger partial charge in [0.15, 0.2) is 0 Å². The van der Waals surface area contributed by atoms with Crippen molar-refractivity contribution in [1.29, 1.82) is 0 Å². The van der Waals surface area contributed by atoms with E-state index in [4.69, 9.17) is 5.73 Å². The minimum Gasteiger partial charge on any atom is -0.353 e. The Morgan fingerprint density at radius 2 is 1.68 bits per heavy atom. The maximum Gasteiger partial charge on any atom is 0.240 e. The van der Waals surface area contributed by atoms with E-state index in [1.165, 1.54) is 5.56 Å². The van der Waals surface area contributed by atoms with Crippen molar-refractivity contribution >= 4 is 29.9 Å². The van der Waals surface area contributed by atoms with Gasteiger partial charge in [0.05, 0.1) is 11.0 Å². The smallest absolute Gasteiger partial charge is 0.240 e. The molecule has 0 aliphatic heterocycles. The highest BCUT2D eigenvalue weighted by atomic mass is 35.5. The lowest BCUT2D eigenvalue weighted by molar-refractivity contribution is -0.127. The molecule has 2 aliphatic rings. The molecule has 2 amide bonds. The zero-order valence-corrected chi connectivity index (χ0v) is 15.8. The minimum atomic E-state index is -0.690. The van der Waals surface area contributed by atoms with Gasteiger partial charge in [0.1, 0.15) is 0 Å². The van der Waals surface area contributed by atoms with E-state index < -0.39 is 11.0 Å². The molecule has 2 aliphatic carbocycles. The second kappa shape index (κ2) is 7.34. The molecule has 0 unspecified atom stereocenters. The molecular formula is C19H28ClN3O2. The van der Waals surface area contributed by atoms with E-state index in [-0.39, 0.29) is 24.2 Å². The van der Waals surface area contributed by atoms with Crippen molar-refractivity contribution in [2.75, 3.05) is 11.9 Å². The number of benzene rings is 1. The number of nitrogens with one attached hydrogen (secondary N) is 2. The number of carbonyl (C=O) groups excluding carboxylic acids is 2. The summed E-state index contributed by atoms with van der Waals surface area (Å²) >= 11 is 0. The lowest BCUT2D eigenvalue weighted by Gasteiger charge is -2.28. The van der Waals surface area contributed by atoms with Crippen molar-refractivity contribution in [2.45, 2.75) is 57.9 Å². The van der Waals surface area contributed by atoms with Gasteiger partial charge >= 0.3 is 0 Å². The van der Waals surface area contributed by atoms with E-state index >= 15 is 0 Å². The molecule has 0 atom stereocenters. The Morgan fingerprint density at radius 3 is 2.24 bits per heavy atom. The van der Waals surface area contributed by atoms with Gasteiger partial charge in [0.2, 0.25) is 11.8 Å². The first kappa shape index (κ1) is 19.7. The Kier molecular flexibility index (Phi) is 5.79. The fourth-order valence-electron chi connectivity index (χ4n) is 3.41. The van der Waals surface area contributed by atoms with Crippen molar-refractivity contribution in [3.63, 3.8) is 0 Å². The first-order valence-corrected chi connectivity index (χ1v) is 8.81. The van der Waals surface area contributed by atoms with Crippen LogP contribution in [-0.2, 0) is 9.59 Å². The average Bonchev–Trinajstić information content (AvgIpc) is 3.12. The van der Waals surface area contributed by atoms with Gasteiger partial charge in [0.25, 0.3) is 0 Å². The van der Waals surface area contributed by atoms with Crippen LogP contribution in [0.4, 0.5) is 5.69 Å². The fraction of sp³-hybridized carbons (Fsp3) is 0.579. The molecule has 25 heavy (non-hydrogen) atoms. The summed E-state index contributed by atoms with van der Waals surface area (Å²) in [6, 6.07) is 5.94. The third-order valence-corrected chi connectivity index (χ3v) is 5.64. The summed E-state index contributed by atoms with van der Waals surface area (Å²) in [5, 5.41) is 5.98.